The highest BCUT2D eigenvalue weighted by Crippen LogP contribution is 2.39. The average molecular weight is 394 g/mol. The summed E-state index contributed by atoms with van der Waals surface area (Å²) in [5, 5.41) is 2.79. The van der Waals surface area contributed by atoms with Crippen molar-refractivity contribution in [3.8, 4) is 5.75 Å². The van der Waals surface area contributed by atoms with Gasteiger partial charge in [0.25, 0.3) is 0 Å². The summed E-state index contributed by atoms with van der Waals surface area (Å²) in [5.74, 6) is 0.191. The summed E-state index contributed by atoms with van der Waals surface area (Å²) in [7, 11) is 1.30. The standard InChI is InChI=1S/C22H22N2O5/c1-28-20(26)15-6-2-4-8-17(15)23-21(27)24-12-10-22(11-13-24)14-18(25)16-7-3-5-9-19(16)29-22/h2-9H,10-14H2,1H3,(H,23,27). The van der Waals surface area contributed by atoms with Crippen LogP contribution in [0, 0.1) is 0 Å². The van der Waals surface area contributed by atoms with Gasteiger partial charge in [-0.05, 0) is 24.3 Å². The van der Waals surface area contributed by atoms with Crippen LogP contribution in [0.2, 0.25) is 0 Å². The number of methoxy groups -OCH3 is 1. The normalized spacial score (nSPS) is 17.3. The molecule has 1 spiro atoms. The van der Waals surface area contributed by atoms with E-state index in [4.69, 9.17) is 9.47 Å². The lowest BCUT2D eigenvalue weighted by molar-refractivity contribution is 0.000385. The van der Waals surface area contributed by atoms with Gasteiger partial charge in [0.05, 0.1) is 30.3 Å². The van der Waals surface area contributed by atoms with Crippen molar-refractivity contribution >= 4 is 23.5 Å². The quantitative estimate of drug-likeness (QED) is 0.788. The van der Waals surface area contributed by atoms with Crippen molar-refractivity contribution in [1.82, 2.24) is 4.90 Å². The molecule has 4 rings (SSSR count). The molecule has 7 heteroatoms. The molecule has 1 fully saturated rings. The zero-order chi connectivity index (χ0) is 20.4. The molecular formula is C22H22N2O5. The lowest BCUT2D eigenvalue weighted by Gasteiger charge is -2.43. The average Bonchev–Trinajstić information content (AvgIpc) is 2.74. The van der Waals surface area contributed by atoms with E-state index >= 15 is 0 Å². The Kier molecular flexibility index (Phi) is 4.96. The second-order valence-electron chi connectivity index (χ2n) is 7.34. The number of ether oxygens (including phenoxy) is 2. The van der Waals surface area contributed by atoms with Crippen LogP contribution in [0.1, 0.15) is 40.0 Å². The molecule has 0 aliphatic carbocycles. The summed E-state index contributed by atoms with van der Waals surface area (Å²) in [4.78, 5) is 38.8. The van der Waals surface area contributed by atoms with E-state index in [0.717, 1.165) is 0 Å². The number of piperidine rings is 1. The molecule has 1 N–H and O–H groups in total. The third kappa shape index (κ3) is 3.68. The molecule has 0 bridgehead atoms. The number of para-hydroxylation sites is 2. The van der Waals surface area contributed by atoms with Crippen LogP contribution in [0.3, 0.4) is 0 Å². The zero-order valence-corrected chi connectivity index (χ0v) is 16.1. The molecule has 2 aliphatic heterocycles. The van der Waals surface area contributed by atoms with Crippen molar-refractivity contribution in [3.05, 3.63) is 59.7 Å². The number of carbonyl (C=O) groups is 3. The molecule has 0 aromatic heterocycles. The van der Waals surface area contributed by atoms with Crippen molar-refractivity contribution in [2.24, 2.45) is 0 Å². The Labute approximate surface area is 168 Å². The maximum atomic E-state index is 12.7. The molecule has 2 aliphatic rings. The predicted octanol–water partition coefficient (Wildman–Crippen LogP) is 3.51. The molecule has 0 radical (unpaired) electrons. The monoisotopic (exact) mass is 394 g/mol. The number of Topliss-reactive ketones (excluding diaryl/α,β-unsaturated/α-hetero) is 1. The van der Waals surface area contributed by atoms with Crippen LogP contribution in [0.4, 0.5) is 10.5 Å². The first-order valence-corrected chi connectivity index (χ1v) is 9.56. The van der Waals surface area contributed by atoms with Crippen molar-refractivity contribution < 1.29 is 23.9 Å². The van der Waals surface area contributed by atoms with E-state index in [9.17, 15) is 14.4 Å². The molecule has 0 unspecified atom stereocenters. The number of ketones is 1. The van der Waals surface area contributed by atoms with E-state index in [1.54, 1.807) is 35.2 Å². The van der Waals surface area contributed by atoms with E-state index in [1.807, 2.05) is 18.2 Å². The maximum Gasteiger partial charge on any atom is 0.339 e. The number of benzene rings is 2. The number of nitrogens with zero attached hydrogens (tertiary/aromatic N) is 1. The van der Waals surface area contributed by atoms with Crippen LogP contribution in [-0.2, 0) is 4.74 Å². The number of esters is 1. The largest absolute Gasteiger partial charge is 0.486 e. The minimum Gasteiger partial charge on any atom is -0.486 e. The number of fused-ring (bicyclic) bond motifs is 1. The van der Waals surface area contributed by atoms with Gasteiger partial charge in [-0.15, -0.1) is 0 Å². The third-order valence-corrected chi connectivity index (χ3v) is 5.53. The number of rotatable bonds is 2. The first-order valence-electron chi connectivity index (χ1n) is 9.56. The van der Waals surface area contributed by atoms with E-state index in [0.29, 0.717) is 54.9 Å². The number of anilines is 1. The molecule has 2 aromatic rings. The summed E-state index contributed by atoms with van der Waals surface area (Å²) in [6, 6.07) is 13.7. The summed E-state index contributed by atoms with van der Waals surface area (Å²) in [5.41, 5.74) is 0.765. The number of nitrogens with one attached hydrogen (secondary N) is 1. The van der Waals surface area contributed by atoms with Gasteiger partial charge < -0.3 is 19.7 Å². The first-order chi connectivity index (χ1) is 14.0. The second-order valence-corrected chi connectivity index (χ2v) is 7.34. The molecule has 1 saturated heterocycles. The molecule has 2 aromatic carbocycles. The molecule has 150 valence electrons. The number of hydrogen-bond donors (Lipinski definition) is 1. The van der Waals surface area contributed by atoms with Crippen LogP contribution >= 0.6 is 0 Å². The van der Waals surface area contributed by atoms with Crippen LogP contribution < -0.4 is 10.1 Å². The van der Waals surface area contributed by atoms with Crippen molar-refractivity contribution in [3.63, 3.8) is 0 Å². The maximum absolute atomic E-state index is 12.7. The van der Waals surface area contributed by atoms with Crippen LogP contribution in [0.25, 0.3) is 0 Å². The number of likely N-dealkylation sites (tertiary alicyclic amines) is 1. The van der Waals surface area contributed by atoms with Gasteiger partial charge in [-0.2, -0.15) is 0 Å². The van der Waals surface area contributed by atoms with Crippen LogP contribution in [-0.4, -0.2) is 48.5 Å². The van der Waals surface area contributed by atoms with Crippen molar-refractivity contribution in [2.45, 2.75) is 24.9 Å². The number of carbonyl (C=O) groups excluding carboxylic acids is 3. The number of hydrogen-bond acceptors (Lipinski definition) is 5. The molecule has 7 nitrogen and oxygen atoms in total. The minimum atomic E-state index is -0.563. The first kappa shape index (κ1) is 19.0. The van der Waals surface area contributed by atoms with Gasteiger partial charge in [-0.3, -0.25) is 4.79 Å². The van der Waals surface area contributed by atoms with Gasteiger partial charge in [0.2, 0.25) is 0 Å². The Bertz CT molecular complexity index is 963. The fraction of sp³-hybridized carbons (Fsp3) is 0.318. The highest BCUT2D eigenvalue weighted by molar-refractivity contribution is 6.01. The van der Waals surface area contributed by atoms with E-state index in [2.05, 4.69) is 5.32 Å². The Hall–Kier alpha value is -3.35. The summed E-state index contributed by atoms with van der Waals surface area (Å²) >= 11 is 0. The van der Waals surface area contributed by atoms with Crippen LogP contribution in [0.5, 0.6) is 5.75 Å². The lowest BCUT2D eigenvalue weighted by Crippen LogP contribution is -2.53. The Morgan fingerprint density at radius 2 is 1.76 bits per heavy atom. The summed E-state index contributed by atoms with van der Waals surface area (Å²) in [6.07, 6.45) is 1.46. The zero-order valence-electron chi connectivity index (χ0n) is 16.1. The Morgan fingerprint density at radius 3 is 2.52 bits per heavy atom. The van der Waals surface area contributed by atoms with Gasteiger partial charge in [0.15, 0.2) is 5.78 Å². The second kappa shape index (κ2) is 7.58. The predicted molar refractivity (Wildman–Crippen MR) is 106 cm³/mol. The SMILES string of the molecule is COC(=O)c1ccccc1NC(=O)N1CCC2(CC1)CC(=O)c1ccccc1O2. The Balaban J connectivity index is 1.43. The van der Waals surface area contributed by atoms with Gasteiger partial charge in [0.1, 0.15) is 11.4 Å². The molecule has 29 heavy (non-hydrogen) atoms. The van der Waals surface area contributed by atoms with Gasteiger partial charge in [0, 0.05) is 25.9 Å². The third-order valence-electron chi connectivity index (χ3n) is 5.53. The van der Waals surface area contributed by atoms with Crippen molar-refractivity contribution in [2.75, 3.05) is 25.5 Å². The molecule has 2 heterocycles. The highest BCUT2D eigenvalue weighted by atomic mass is 16.5. The topological polar surface area (TPSA) is 84.9 Å². The van der Waals surface area contributed by atoms with E-state index in [1.165, 1.54) is 7.11 Å². The lowest BCUT2D eigenvalue weighted by atomic mass is 9.82. The van der Waals surface area contributed by atoms with Gasteiger partial charge in [-0.1, -0.05) is 24.3 Å². The molecule has 0 atom stereocenters. The number of amides is 2. The Morgan fingerprint density at radius 1 is 1.07 bits per heavy atom. The molecule has 0 saturated carbocycles. The smallest absolute Gasteiger partial charge is 0.339 e. The van der Waals surface area contributed by atoms with Gasteiger partial charge >= 0.3 is 12.0 Å². The minimum absolute atomic E-state index is 0.0803. The van der Waals surface area contributed by atoms with E-state index in [-0.39, 0.29) is 11.8 Å². The molecule has 2 amide bonds. The summed E-state index contributed by atoms with van der Waals surface area (Å²) < 4.78 is 11.0. The van der Waals surface area contributed by atoms with Crippen LogP contribution in [0.15, 0.2) is 48.5 Å². The molecular weight excluding hydrogens is 372 g/mol. The number of urea groups is 1. The summed E-state index contributed by atoms with van der Waals surface area (Å²) in [6.45, 7) is 0.920. The van der Waals surface area contributed by atoms with Crippen molar-refractivity contribution in [1.29, 1.82) is 0 Å². The fourth-order valence-electron chi connectivity index (χ4n) is 3.91. The van der Waals surface area contributed by atoms with Gasteiger partial charge in [-0.25, -0.2) is 9.59 Å². The fourth-order valence-corrected chi connectivity index (χ4v) is 3.91. The highest BCUT2D eigenvalue weighted by Gasteiger charge is 2.43. The van der Waals surface area contributed by atoms with E-state index < -0.39 is 11.6 Å².